The SMILES string of the molecule is CCNc1ncc(S(=O)(=O)N2CCSC(C)C2)cc1Cl. The van der Waals surface area contributed by atoms with Crippen LogP contribution in [-0.2, 0) is 10.0 Å². The van der Waals surface area contributed by atoms with Crippen LogP contribution in [0.5, 0.6) is 0 Å². The van der Waals surface area contributed by atoms with Gasteiger partial charge in [0.2, 0.25) is 10.0 Å². The Morgan fingerprint density at radius 3 is 2.95 bits per heavy atom. The van der Waals surface area contributed by atoms with Gasteiger partial charge in [0.05, 0.1) is 5.02 Å². The Balaban J connectivity index is 2.27. The van der Waals surface area contributed by atoms with Gasteiger partial charge in [0, 0.05) is 36.8 Å². The molecule has 0 aliphatic carbocycles. The Morgan fingerprint density at radius 1 is 1.60 bits per heavy atom. The van der Waals surface area contributed by atoms with Gasteiger partial charge in [0.15, 0.2) is 0 Å². The van der Waals surface area contributed by atoms with Crippen molar-refractivity contribution in [2.24, 2.45) is 0 Å². The van der Waals surface area contributed by atoms with E-state index in [2.05, 4.69) is 10.3 Å². The van der Waals surface area contributed by atoms with E-state index in [0.717, 1.165) is 5.75 Å². The number of halogens is 1. The second-order valence-electron chi connectivity index (χ2n) is 4.58. The van der Waals surface area contributed by atoms with Crippen LogP contribution in [0.2, 0.25) is 5.02 Å². The zero-order chi connectivity index (χ0) is 14.8. The molecule has 0 spiro atoms. The summed E-state index contributed by atoms with van der Waals surface area (Å²) < 4.78 is 26.6. The summed E-state index contributed by atoms with van der Waals surface area (Å²) in [5.41, 5.74) is 0. The minimum atomic E-state index is -3.50. The Bertz CT molecular complexity index is 580. The van der Waals surface area contributed by atoms with Crippen LogP contribution in [0.4, 0.5) is 5.82 Å². The van der Waals surface area contributed by atoms with E-state index in [1.165, 1.54) is 16.6 Å². The van der Waals surface area contributed by atoms with Crippen molar-refractivity contribution >= 4 is 39.2 Å². The lowest BCUT2D eigenvalue weighted by atomic mass is 10.4. The fraction of sp³-hybridized carbons (Fsp3) is 0.583. The van der Waals surface area contributed by atoms with Gasteiger partial charge in [-0.15, -0.1) is 0 Å². The van der Waals surface area contributed by atoms with Gasteiger partial charge in [0.1, 0.15) is 10.7 Å². The van der Waals surface area contributed by atoms with Gasteiger partial charge in [0.25, 0.3) is 0 Å². The Morgan fingerprint density at radius 2 is 2.35 bits per heavy atom. The van der Waals surface area contributed by atoms with Gasteiger partial charge in [-0.25, -0.2) is 13.4 Å². The van der Waals surface area contributed by atoms with Crippen molar-refractivity contribution in [3.05, 3.63) is 17.3 Å². The molecule has 0 bridgehead atoms. The molecule has 1 aliphatic heterocycles. The number of anilines is 1. The van der Waals surface area contributed by atoms with Crippen LogP contribution in [0.3, 0.4) is 0 Å². The first-order valence-corrected chi connectivity index (χ1v) is 9.33. The fourth-order valence-electron chi connectivity index (χ4n) is 2.01. The number of pyridine rings is 1. The number of nitrogens with one attached hydrogen (secondary N) is 1. The van der Waals surface area contributed by atoms with Crippen molar-refractivity contribution in [3.63, 3.8) is 0 Å². The molecule has 2 heterocycles. The maximum atomic E-state index is 12.6. The molecule has 2 rings (SSSR count). The summed E-state index contributed by atoms with van der Waals surface area (Å²) in [5, 5.41) is 3.62. The normalized spacial score (nSPS) is 20.9. The quantitative estimate of drug-likeness (QED) is 0.914. The number of hydrogen-bond acceptors (Lipinski definition) is 5. The predicted octanol–water partition coefficient (Wildman–Crippen LogP) is 2.29. The molecule has 8 heteroatoms. The molecule has 112 valence electrons. The Labute approximate surface area is 129 Å². The second kappa shape index (κ2) is 6.51. The van der Waals surface area contributed by atoms with Gasteiger partial charge >= 0.3 is 0 Å². The topological polar surface area (TPSA) is 62.3 Å². The molecule has 0 aromatic carbocycles. The van der Waals surface area contributed by atoms with Crippen molar-refractivity contribution < 1.29 is 8.42 Å². The molecular weight excluding hydrogens is 318 g/mol. The van der Waals surface area contributed by atoms with Crippen molar-refractivity contribution in [2.75, 3.05) is 30.7 Å². The highest BCUT2D eigenvalue weighted by Crippen LogP contribution is 2.27. The third kappa shape index (κ3) is 3.39. The van der Waals surface area contributed by atoms with E-state index < -0.39 is 10.0 Å². The van der Waals surface area contributed by atoms with E-state index >= 15 is 0 Å². The summed E-state index contributed by atoms with van der Waals surface area (Å²) in [4.78, 5) is 4.25. The first-order chi connectivity index (χ1) is 9.45. The van der Waals surface area contributed by atoms with Crippen LogP contribution >= 0.6 is 23.4 Å². The average molecular weight is 336 g/mol. The third-order valence-electron chi connectivity index (χ3n) is 3.00. The van der Waals surface area contributed by atoms with Crippen molar-refractivity contribution in [1.29, 1.82) is 0 Å². The van der Waals surface area contributed by atoms with Gasteiger partial charge in [-0.3, -0.25) is 0 Å². The first-order valence-electron chi connectivity index (χ1n) is 6.46. The summed E-state index contributed by atoms with van der Waals surface area (Å²) in [6, 6.07) is 1.47. The standard InChI is InChI=1S/C12H18ClN3O2S2/c1-3-14-12-11(13)6-10(7-15-12)20(17,18)16-4-5-19-9(2)8-16/h6-7,9H,3-5,8H2,1-2H3,(H,14,15). The number of hydrogen-bond donors (Lipinski definition) is 1. The largest absolute Gasteiger partial charge is 0.369 e. The number of aromatic nitrogens is 1. The molecule has 5 nitrogen and oxygen atoms in total. The second-order valence-corrected chi connectivity index (χ2v) is 8.47. The summed E-state index contributed by atoms with van der Waals surface area (Å²) >= 11 is 7.86. The summed E-state index contributed by atoms with van der Waals surface area (Å²) in [6.45, 7) is 5.70. The fourth-order valence-corrected chi connectivity index (χ4v) is 5.04. The summed E-state index contributed by atoms with van der Waals surface area (Å²) in [6.07, 6.45) is 1.37. The average Bonchev–Trinajstić information content (AvgIpc) is 2.41. The highest BCUT2D eigenvalue weighted by atomic mass is 35.5. The van der Waals surface area contributed by atoms with Crippen molar-refractivity contribution in [1.82, 2.24) is 9.29 Å². The highest BCUT2D eigenvalue weighted by molar-refractivity contribution is 8.00. The number of thioether (sulfide) groups is 1. The van der Waals surface area contributed by atoms with Crippen molar-refractivity contribution in [3.8, 4) is 0 Å². The number of rotatable bonds is 4. The van der Waals surface area contributed by atoms with E-state index in [-0.39, 0.29) is 4.90 Å². The van der Waals surface area contributed by atoms with Crippen LogP contribution in [0.25, 0.3) is 0 Å². The molecule has 1 atom stereocenters. The van der Waals surface area contributed by atoms with E-state index in [4.69, 9.17) is 11.6 Å². The Kier molecular flexibility index (Phi) is 5.17. The monoisotopic (exact) mass is 335 g/mol. The van der Waals surface area contributed by atoms with Crippen LogP contribution < -0.4 is 5.32 Å². The van der Waals surface area contributed by atoms with Crippen LogP contribution in [0, 0.1) is 0 Å². The molecule has 1 saturated heterocycles. The molecule has 1 unspecified atom stereocenters. The van der Waals surface area contributed by atoms with Gasteiger partial charge in [-0.2, -0.15) is 16.1 Å². The van der Waals surface area contributed by atoms with E-state index in [1.807, 2.05) is 13.8 Å². The van der Waals surface area contributed by atoms with Crippen LogP contribution in [0.15, 0.2) is 17.2 Å². The summed E-state index contributed by atoms with van der Waals surface area (Å²) in [7, 11) is -3.50. The zero-order valence-corrected chi connectivity index (χ0v) is 13.9. The molecular formula is C12H18ClN3O2S2. The molecule has 1 aromatic heterocycles. The van der Waals surface area contributed by atoms with Crippen LogP contribution in [-0.4, -0.2) is 48.3 Å². The number of sulfonamides is 1. The van der Waals surface area contributed by atoms with E-state index in [9.17, 15) is 8.42 Å². The van der Waals surface area contributed by atoms with E-state index in [1.54, 1.807) is 11.8 Å². The third-order valence-corrected chi connectivity index (χ3v) is 6.26. The molecule has 0 radical (unpaired) electrons. The van der Waals surface area contributed by atoms with Crippen LogP contribution in [0.1, 0.15) is 13.8 Å². The molecule has 1 aliphatic rings. The minimum Gasteiger partial charge on any atom is -0.369 e. The van der Waals surface area contributed by atoms with E-state index in [0.29, 0.717) is 35.7 Å². The zero-order valence-electron chi connectivity index (χ0n) is 11.5. The number of nitrogens with zero attached hydrogens (tertiary/aromatic N) is 2. The van der Waals surface area contributed by atoms with Gasteiger partial charge < -0.3 is 5.32 Å². The maximum Gasteiger partial charge on any atom is 0.244 e. The first kappa shape index (κ1) is 15.9. The lowest BCUT2D eigenvalue weighted by Crippen LogP contribution is -2.40. The lowest BCUT2D eigenvalue weighted by Gasteiger charge is -2.29. The molecule has 1 N–H and O–H groups in total. The smallest absolute Gasteiger partial charge is 0.244 e. The predicted molar refractivity (Wildman–Crippen MR) is 84.1 cm³/mol. The van der Waals surface area contributed by atoms with Gasteiger partial charge in [-0.05, 0) is 13.0 Å². The maximum absolute atomic E-state index is 12.6. The highest BCUT2D eigenvalue weighted by Gasteiger charge is 2.29. The summed E-state index contributed by atoms with van der Waals surface area (Å²) in [5.74, 6) is 1.33. The molecule has 1 aromatic rings. The molecule has 20 heavy (non-hydrogen) atoms. The Hall–Kier alpha value is -0.500. The molecule has 0 amide bonds. The lowest BCUT2D eigenvalue weighted by molar-refractivity contribution is 0.424. The molecule has 0 saturated carbocycles. The van der Waals surface area contributed by atoms with Gasteiger partial charge in [-0.1, -0.05) is 18.5 Å². The minimum absolute atomic E-state index is 0.156. The molecule has 1 fully saturated rings. The van der Waals surface area contributed by atoms with Crippen molar-refractivity contribution in [2.45, 2.75) is 24.0 Å².